The Balaban J connectivity index is 1.88. The Labute approximate surface area is 111 Å². The summed E-state index contributed by atoms with van der Waals surface area (Å²) < 4.78 is 12.7. The summed E-state index contributed by atoms with van der Waals surface area (Å²) >= 11 is 1.05. The molecule has 6 nitrogen and oxygen atoms in total. The first kappa shape index (κ1) is 13.2. The lowest BCUT2D eigenvalue weighted by molar-refractivity contribution is -0.113. The van der Waals surface area contributed by atoms with E-state index in [9.17, 15) is 14.0 Å². The molecule has 0 saturated heterocycles. The van der Waals surface area contributed by atoms with Crippen LogP contribution in [0.5, 0.6) is 0 Å². The van der Waals surface area contributed by atoms with Crippen molar-refractivity contribution in [1.29, 1.82) is 0 Å². The van der Waals surface area contributed by atoms with Crippen LogP contribution in [0.15, 0.2) is 40.4 Å². The van der Waals surface area contributed by atoms with Gasteiger partial charge in [-0.1, -0.05) is 11.8 Å². The highest BCUT2D eigenvalue weighted by Gasteiger charge is 2.05. The first-order chi connectivity index (χ1) is 9.13. The van der Waals surface area contributed by atoms with E-state index in [0.29, 0.717) is 5.69 Å². The summed E-state index contributed by atoms with van der Waals surface area (Å²) in [6.45, 7) is 0. The third-order valence-electron chi connectivity index (χ3n) is 2.02. The molecule has 8 heteroatoms. The minimum absolute atomic E-state index is 0.0615. The molecule has 0 aliphatic heterocycles. The minimum atomic E-state index is -0.378. The van der Waals surface area contributed by atoms with E-state index in [1.54, 1.807) is 0 Å². The van der Waals surface area contributed by atoms with Crippen LogP contribution in [0.25, 0.3) is 0 Å². The molecule has 19 heavy (non-hydrogen) atoms. The quantitative estimate of drug-likeness (QED) is 0.817. The Kier molecular flexibility index (Phi) is 4.24. The van der Waals surface area contributed by atoms with Gasteiger partial charge in [-0.05, 0) is 24.3 Å². The number of nitrogens with zero attached hydrogens (tertiary/aromatic N) is 2. The van der Waals surface area contributed by atoms with Crippen molar-refractivity contribution in [2.75, 3.05) is 11.1 Å². The monoisotopic (exact) mass is 280 g/mol. The largest absolute Gasteiger partial charge is 0.325 e. The average Bonchev–Trinajstić information content (AvgIpc) is 2.39. The standard InChI is InChI=1S/C11H9FN4O2S/c12-7-1-3-8(4-2-7)14-10(18)6-19-11-15-9(17)5-13-16-11/h1-5H,6H2,(H,14,18)(H,15,16,17). The lowest BCUT2D eigenvalue weighted by atomic mass is 10.3. The molecule has 0 saturated carbocycles. The van der Waals surface area contributed by atoms with Crippen molar-refractivity contribution in [1.82, 2.24) is 15.2 Å². The summed E-state index contributed by atoms with van der Waals surface area (Å²) in [5.41, 5.74) is 0.121. The zero-order valence-corrected chi connectivity index (χ0v) is 10.4. The maximum atomic E-state index is 12.7. The van der Waals surface area contributed by atoms with Crippen LogP contribution in [0, 0.1) is 5.82 Å². The number of halogens is 1. The predicted octanol–water partition coefficient (Wildman–Crippen LogP) is 1.03. The molecule has 0 radical (unpaired) electrons. The summed E-state index contributed by atoms with van der Waals surface area (Å²) in [5.74, 6) is -0.598. The number of hydrogen-bond donors (Lipinski definition) is 2. The number of amides is 1. The summed E-state index contributed by atoms with van der Waals surface area (Å²) in [6, 6.07) is 5.43. The van der Waals surface area contributed by atoms with E-state index < -0.39 is 0 Å². The third kappa shape index (κ3) is 4.18. The summed E-state index contributed by atoms with van der Waals surface area (Å²) in [4.78, 5) is 25.0. The molecule has 1 aromatic carbocycles. The second kappa shape index (κ2) is 6.10. The zero-order valence-electron chi connectivity index (χ0n) is 9.59. The average molecular weight is 280 g/mol. The van der Waals surface area contributed by atoms with Crippen molar-refractivity contribution < 1.29 is 9.18 Å². The smallest absolute Gasteiger partial charge is 0.270 e. The van der Waals surface area contributed by atoms with Gasteiger partial charge in [0, 0.05) is 5.69 Å². The SMILES string of the molecule is O=C(CSc1nncc(=O)[nH]1)Nc1ccc(F)cc1. The maximum Gasteiger partial charge on any atom is 0.270 e. The number of H-pyrrole nitrogens is 1. The third-order valence-corrected chi connectivity index (χ3v) is 2.89. The lowest BCUT2D eigenvalue weighted by Gasteiger charge is -2.04. The van der Waals surface area contributed by atoms with Crippen LogP contribution in [0.1, 0.15) is 0 Å². The molecule has 0 aliphatic rings. The number of benzene rings is 1. The van der Waals surface area contributed by atoms with Crippen LogP contribution in [0.4, 0.5) is 10.1 Å². The topological polar surface area (TPSA) is 87.7 Å². The van der Waals surface area contributed by atoms with Crippen LogP contribution >= 0.6 is 11.8 Å². The fraction of sp³-hybridized carbons (Fsp3) is 0.0909. The van der Waals surface area contributed by atoms with Gasteiger partial charge >= 0.3 is 0 Å². The summed E-state index contributed by atoms with van der Waals surface area (Å²) in [5, 5.41) is 9.98. The van der Waals surface area contributed by atoms with Crippen LogP contribution in [-0.2, 0) is 4.79 Å². The molecule has 0 aliphatic carbocycles. The molecule has 0 bridgehead atoms. The molecule has 0 atom stereocenters. The van der Waals surface area contributed by atoms with Crippen LogP contribution < -0.4 is 10.9 Å². The van der Waals surface area contributed by atoms with Gasteiger partial charge in [0.2, 0.25) is 5.91 Å². The second-order valence-electron chi connectivity index (χ2n) is 3.48. The summed E-state index contributed by atoms with van der Waals surface area (Å²) in [6.07, 6.45) is 1.04. The lowest BCUT2D eigenvalue weighted by Crippen LogP contribution is -2.15. The van der Waals surface area contributed by atoms with E-state index in [1.807, 2.05) is 0 Å². The number of carbonyl (C=O) groups is 1. The molecule has 1 aromatic heterocycles. The molecule has 0 spiro atoms. The number of carbonyl (C=O) groups excluding carboxylic acids is 1. The van der Waals surface area contributed by atoms with Gasteiger partial charge in [0.15, 0.2) is 5.16 Å². The zero-order chi connectivity index (χ0) is 13.7. The van der Waals surface area contributed by atoms with Crippen molar-refractivity contribution >= 4 is 23.4 Å². The van der Waals surface area contributed by atoms with Gasteiger partial charge in [0.25, 0.3) is 5.56 Å². The molecule has 1 heterocycles. The van der Waals surface area contributed by atoms with Gasteiger partial charge in [-0.25, -0.2) is 4.39 Å². The number of rotatable bonds is 4. The molecule has 0 fully saturated rings. The molecule has 2 rings (SSSR count). The van der Waals surface area contributed by atoms with Crippen molar-refractivity contribution in [2.24, 2.45) is 0 Å². The fourth-order valence-electron chi connectivity index (χ4n) is 1.23. The van der Waals surface area contributed by atoms with E-state index in [1.165, 1.54) is 24.3 Å². The highest BCUT2D eigenvalue weighted by Crippen LogP contribution is 2.12. The Hall–Kier alpha value is -2.22. The summed E-state index contributed by atoms with van der Waals surface area (Å²) in [7, 11) is 0. The van der Waals surface area contributed by atoms with E-state index >= 15 is 0 Å². The Bertz CT molecular complexity index is 629. The predicted molar refractivity (Wildman–Crippen MR) is 68.4 cm³/mol. The van der Waals surface area contributed by atoms with E-state index in [2.05, 4.69) is 20.5 Å². The highest BCUT2D eigenvalue weighted by atomic mass is 32.2. The molecular weight excluding hydrogens is 271 g/mol. The van der Waals surface area contributed by atoms with Crippen molar-refractivity contribution in [3.8, 4) is 0 Å². The molecule has 2 aromatic rings. The molecule has 98 valence electrons. The van der Waals surface area contributed by atoms with E-state index in [0.717, 1.165) is 18.0 Å². The Morgan fingerprint density at radius 1 is 1.37 bits per heavy atom. The number of aromatic nitrogens is 3. The van der Waals surface area contributed by atoms with Crippen LogP contribution in [0.2, 0.25) is 0 Å². The first-order valence-corrected chi connectivity index (χ1v) is 6.22. The van der Waals surface area contributed by atoms with Crippen molar-refractivity contribution in [2.45, 2.75) is 5.16 Å². The number of nitrogens with one attached hydrogen (secondary N) is 2. The van der Waals surface area contributed by atoms with Gasteiger partial charge in [0.1, 0.15) is 12.0 Å². The van der Waals surface area contributed by atoms with E-state index in [4.69, 9.17) is 0 Å². The second-order valence-corrected chi connectivity index (χ2v) is 4.45. The maximum absolute atomic E-state index is 12.7. The molecule has 1 amide bonds. The molecular formula is C11H9FN4O2S. The highest BCUT2D eigenvalue weighted by molar-refractivity contribution is 7.99. The van der Waals surface area contributed by atoms with Gasteiger partial charge in [-0.3, -0.25) is 14.6 Å². The fourth-order valence-corrected chi connectivity index (χ4v) is 1.84. The van der Waals surface area contributed by atoms with Gasteiger partial charge in [-0.15, -0.1) is 5.10 Å². The minimum Gasteiger partial charge on any atom is -0.325 e. The van der Waals surface area contributed by atoms with Crippen molar-refractivity contribution in [3.05, 3.63) is 46.6 Å². The Morgan fingerprint density at radius 3 is 2.79 bits per heavy atom. The van der Waals surface area contributed by atoms with E-state index in [-0.39, 0.29) is 28.2 Å². The number of thioether (sulfide) groups is 1. The molecule has 2 N–H and O–H groups in total. The van der Waals surface area contributed by atoms with Crippen molar-refractivity contribution in [3.63, 3.8) is 0 Å². The number of aromatic amines is 1. The Morgan fingerprint density at radius 2 is 2.11 bits per heavy atom. The van der Waals surface area contributed by atoms with Gasteiger partial charge in [-0.2, -0.15) is 5.10 Å². The van der Waals surface area contributed by atoms with Gasteiger partial charge in [0.05, 0.1) is 5.75 Å². The van der Waals surface area contributed by atoms with Crippen LogP contribution in [-0.4, -0.2) is 26.8 Å². The first-order valence-electron chi connectivity index (χ1n) is 5.24. The number of anilines is 1. The number of hydrogen-bond acceptors (Lipinski definition) is 5. The van der Waals surface area contributed by atoms with Gasteiger partial charge < -0.3 is 5.32 Å². The normalized spacial score (nSPS) is 10.2. The molecule has 0 unspecified atom stereocenters. The van der Waals surface area contributed by atoms with Crippen LogP contribution in [0.3, 0.4) is 0 Å².